The summed E-state index contributed by atoms with van der Waals surface area (Å²) in [5, 5.41) is 11.7. The maximum Gasteiger partial charge on any atom is 0.123 e. The van der Waals surface area contributed by atoms with E-state index in [0.29, 0.717) is 5.75 Å². The summed E-state index contributed by atoms with van der Waals surface area (Å²) in [6.45, 7) is 3.72. The second-order valence-corrected chi connectivity index (χ2v) is 3.28. The van der Waals surface area contributed by atoms with E-state index in [1.165, 1.54) is 5.56 Å². The summed E-state index contributed by atoms with van der Waals surface area (Å²) < 4.78 is 0. The van der Waals surface area contributed by atoms with Crippen molar-refractivity contribution in [3.63, 3.8) is 0 Å². The first-order chi connectivity index (χ1) is 6.83. The number of hydrogen-bond acceptors (Lipinski definition) is 1. The van der Waals surface area contributed by atoms with Gasteiger partial charge in [-0.15, -0.1) is 6.58 Å². The van der Waals surface area contributed by atoms with Crippen LogP contribution in [0, 0.1) is 0 Å². The molecule has 0 heterocycles. The molecule has 0 radical (unpaired) electrons. The van der Waals surface area contributed by atoms with Gasteiger partial charge in [0.25, 0.3) is 0 Å². The Bertz CT molecular complexity index is 472. The molecule has 2 aromatic carbocycles. The largest absolute Gasteiger partial charge is 0.507 e. The molecule has 0 fully saturated rings. The summed E-state index contributed by atoms with van der Waals surface area (Å²) in [5.41, 5.74) is 1.20. The third-order valence-corrected chi connectivity index (χ3v) is 2.35. The Morgan fingerprint density at radius 1 is 1.07 bits per heavy atom. The molecular formula is C13H12O. The molecule has 0 saturated heterocycles. The van der Waals surface area contributed by atoms with Crippen LogP contribution in [-0.2, 0) is 6.42 Å². The van der Waals surface area contributed by atoms with Crippen LogP contribution in [0.5, 0.6) is 5.75 Å². The van der Waals surface area contributed by atoms with Crippen molar-refractivity contribution in [1.29, 1.82) is 0 Å². The zero-order chi connectivity index (χ0) is 9.97. The molecule has 0 aromatic heterocycles. The van der Waals surface area contributed by atoms with Crippen molar-refractivity contribution in [2.75, 3.05) is 0 Å². The SMILES string of the molecule is C=CCc1cccc2c(O)cccc12. The molecule has 1 nitrogen and oxygen atoms in total. The molecule has 0 amide bonds. The van der Waals surface area contributed by atoms with E-state index < -0.39 is 0 Å². The van der Waals surface area contributed by atoms with E-state index in [0.717, 1.165) is 17.2 Å². The average molecular weight is 184 g/mol. The van der Waals surface area contributed by atoms with E-state index in [-0.39, 0.29) is 0 Å². The third-order valence-electron chi connectivity index (χ3n) is 2.35. The number of hydrogen-bond donors (Lipinski definition) is 1. The van der Waals surface area contributed by atoms with Crippen LogP contribution < -0.4 is 0 Å². The minimum absolute atomic E-state index is 0.341. The normalized spacial score (nSPS) is 10.3. The smallest absolute Gasteiger partial charge is 0.123 e. The van der Waals surface area contributed by atoms with Crippen molar-refractivity contribution in [3.05, 3.63) is 54.6 Å². The second-order valence-electron chi connectivity index (χ2n) is 3.28. The van der Waals surface area contributed by atoms with Gasteiger partial charge in [0.1, 0.15) is 5.75 Å². The third kappa shape index (κ3) is 1.37. The average Bonchev–Trinajstić information content (AvgIpc) is 2.20. The maximum absolute atomic E-state index is 9.64. The topological polar surface area (TPSA) is 20.2 Å². The predicted molar refractivity (Wildman–Crippen MR) is 59.5 cm³/mol. The second kappa shape index (κ2) is 3.54. The van der Waals surface area contributed by atoms with Crippen molar-refractivity contribution in [3.8, 4) is 5.75 Å². The molecule has 0 aliphatic heterocycles. The molecule has 0 saturated carbocycles. The minimum Gasteiger partial charge on any atom is -0.507 e. The van der Waals surface area contributed by atoms with Gasteiger partial charge in [-0.1, -0.05) is 36.4 Å². The van der Waals surface area contributed by atoms with E-state index in [1.54, 1.807) is 6.07 Å². The van der Waals surface area contributed by atoms with Gasteiger partial charge in [0.15, 0.2) is 0 Å². The molecule has 2 aromatic rings. The van der Waals surface area contributed by atoms with Gasteiger partial charge in [-0.2, -0.15) is 0 Å². The first kappa shape index (κ1) is 8.82. The van der Waals surface area contributed by atoms with Gasteiger partial charge in [0.05, 0.1) is 0 Å². The van der Waals surface area contributed by atoms with Crippen LogP contribution in [0.25, 0.3) is 10.8 Å². The lowest BCUT2D eigenvalue weighted by molar-refractivity contribution is 0.481. The van der Waals surface area contributed by atoms with Gasteiger partial charge >= 0.3 is 0 Å². The number of phenolic OH excluding ortho intramolecular Hbond substituents is 1. The summed E-state index contributed by atoms with van der Waals surface area (Å²) >= 11 is 0. The van der Waals surface area contributed by atoms with Crippen molar-refractivity contribution >= 4 is 10.8 Å². The predicted octanol–water partition coefficient (Wildman–Crippen LogP) is 3.27. The van der Waals surface area contributed by atoms with Crippen molar-refractivity contribution < 1.29 is 5.11 Å². The van der Waals surface area contributed by atoms with Gasteiger partial charge < -0.3 is 5.11 Å². The number of aromatic hydroxyl groups is 1. The Labute approximate surface area is 83.3 Å². The monoisotopic (exact) mass is 184 g/mol. The quantitative estimate of drug-likeness (QED) is 0.710. The molecule has 0 spiro atoms. The van der Waals surface area contributed by atoms with Crippen molar-refractivity contribution in [1.82, 2.24) is 0 Å². The van der Waals surface area contributed by atoms with Gasteiger partial charge in [0, 0.05) is 5.39 Å². The molecule has 0 bridgehead atoms. The highest BCUT2D eigenvalue weighted by atomic mass is 16.3. The Kier molecular flexibility index (Phi) is 2.23. The zero-order valence-electron chi connectivity index (χ0n) is 7.90. The molecule has 1 heteroatoms. The highest BCUT2D eigenvalue weighted by Crippen LogP contribution is 2.26. The zero-order valence-corrected chi connectivity index (χ0v) is 7.90. The lowest BCUT2D eigenvalue weighted by Gasteiger charge is -2.05. The lowest BCUT2D eigenvalue weighted by atomic mass is 10.0. The molecule has 2 rings (SSSR count). The fourth-order valence-corrected chi connectivity index (χ4v) is 1.69. The van der Waals surface area contributed by atoms with E-state index in [1.807, 2.05) is 30.3 Å². The Morgan fingerprint density at radius 3 is 2.57 bits per heavy atom. The lowest BCUT2D eigenvalue weighted by Crippen LogP contribution is -1.83. The van der Waals surface area contributed by atoms with Crippen LogP contribution in [0.1, 0.15) is 5.56 Å². The van der Waals surface area contributed by atoms with E-state index >= 15 is 0 Å². The number of rotatable bonds is 2. The number of benzene rings is 2. The first-order valence-corrected chi connectivity index (χ1v) is 4.63. The highest BCUT2D eigenvalue weighted by Gasteiger charge is 2.01. The fraction of sp³-hybridized carbons (Fsp3) is 0.0769. The molecule has 0 unspecified atom stereocenters. The van der Waals surface area contributed by atoms with Crippen LogP contribution in [0.4, 0.5) is 0 Å². The van der Waals surface area contributed by atoms with Crippen LogP contribution >= 0.6 is 0 Å². The van der Waals surface area contributed by atoms with Crippen LogP contribution in [0.3, 0.4) is 0 Å². The van der Waals surface area contributed by atoms with Gasteiger partial charge in [0.2, 0.25) is 0 Å². The van der Waals surface area contributed by atoms with Crippen LogP contribution in [0.2, 0.25) is 0 Å². The summed E-state index contributed by atoms with van der Waals surface area (Å²) in [5.74, 6) is 0.341. The van der Waals surface area contributed by atoms with E-state index in [4.69, 9.17) is 0 Å². The van der Waals surface area contributed by atoms with Crippen molar-refractivity contribution in [2.24, 2.45) is 0 Å². The molecule has 0 atom stereocenters. The first-order valence-electron chi connectivity index (χ1n) is 4.63. The summed E-state index contributed by atoms with van der Waals surface area (Å²) in [6, 6.07) is 11.5. The fourth-order valence-electron chi connectivity index (χ4n) is 1.69. The number of phenols is 1. The van der Waals surface area contributed by atoms with Crippen LogP contribution in [0.15, 0.2) is 49.1 Å². The molecular weight excluding hydrogens is 172 g/mol. The van der Waals surface area contributed by atoms with E-state index in [2.05, 4.69) is 12.6 Å². The van der Waals surface area contributed by atoms with E-state index in [9.17, 15) is 5.11 Å². The summed E-state index contributed by atoms with van der Waals surface area (Å²) in [4.78, 5) is 0. The number of fused-ring (bicyclic) bond motifs is 1. The van der Waals surface area contributed by atoms with Gasteiger partial charge in [-0.3, -0.25) is 0 Å². The van der Waals surface area contributed by atoms with Gasteiger partial charge in [-0.25, -0.2) is 0 Å². The standard InChI is InChI=1S/C13H12O/c1-2-5-10-6-3-8-12-11(10)7-4-9-13(12)14/h2-4,6-9,14H,1,5H2. The van der Waals surface area contributed by atoms with Crippen LogP contribution in [-0.4, -0.2) is 5.11 Å². The summed E-state index contributed by atoms with van der Waals surface area (Å²) in [7, 11) is 0. The number of allylic oxidation sites excluding steroid dienone is 1. The summed E-state index contributed by atoms with van der Waals surface area (Å²) in [6.07, 6.45) is 2.71. The molecule has 1 N–H and O–H groups in total. The molecule has 0 aliphatic carbocycles. The minimum atomic E-state index is 0.341. The van der Waals surface area contributed by atoms with Gasteiger partial charge in [-0.05, 0) is 23.4 Å². The maximum atomic E-state index is 9.64. The molecule has 14 heavy (non-hydrogen) atoms. The Hall–Kier alpha value is -1.76. The highest BCUT2D eigenvalue weighted by molar-refractivity contribution is 5.90. The Balaban J connectivity index is 2.74. The Morgan fingerprint density at radius 2 is 1.79 bits per heavy atom. The molecule has 70 valence electrons. The molecule has 0 aliphatic rings. The van der Waals surface area contributed by atoms with Crippen molar-refractivity contribution in [2.45, 2.75) is 6.42 Å².